The molecule has 13 rings (SSSR count). The molecule has 0 amide bonds. The minimum Gasteiger partial charge on any atom is -0.457 e. The molecule has 3 aromatic heterocycles. The lowest BCUT2D eigenvalue weighted by atomic mass is 9.65. The summed E-state index contributed by atoms with van der Waals surface area (Å²) in [5.74, 6) is 1.71. The van der Waals surface area contributed by atoms with Crippen LogP contribution in [0.1, 0.15) is 22.3 Å². The standard InChI is InChI=1S/C56H33N3O/c1-3-13-34(14-4-1)48-28-25-36-23-24-37-26-29-49(58-55(37)54(36)57-48)38-27-30-50-42(31-38)41-32-47-52(33-43(41)53(59-50)35-15-5-2-6-16-35)60-51-22-12-11-21-46(51)56(47)44-19-9-7-17-39(44)40-18-8-10-20-45(40)56/h1-33H. The van der Waals surface area contributed by atoms with Gasteiger partial charge in [0.1, 0.15) is 11.5 Å². The summed E-state index contributed by atoms with van der Waals surface area (Å²) < 4.78 is 6.97. The molecular formula is C56H33N3O. The number of para-hydroxylation sites is 1. The molecule has 0 bridgehead atoms. The lowest BCUT2D eigenvalue weighted by Gasteiger charge is -2.39. The highest BCUT2D eigenvalue weighted by Crippen LogP contribution is 2.62. The van der Waals surface area contributed by atoms with E-state index in [1.165, 1.54) is 22.3 Å². The lowest BCUT2D eigenvalue weighted by molar-refractivity contribution is 0.437. The number of benzene rings is 8. The normalized spacial score (nSPS) is 13.3. The monoisotopic (exact) mass is 763 g/mol. The number of rotatable bonds is 3. The van der Waals surface area contributed by atoms with E-state index in [0.717, 1.165) is 99.9 Å². The van der Waals surface area contributed by atoms with Gasteiger partial charge < -0.3 is 4.74 Å². The largest absolute Gasteiger partial charge is 0.457 e. The minimum atomic E-state index is -0.585. The van der Waals surface area contributed by atoms with E-state index in [1.54, 1.807) is 0 Å². The fourth-order valence-electron chi connectivity index (χ4n) is 10.0. The van der Waals surface area contributed by atoms with E-state index >= 15 is 0 Å². The zero-order valence-electron chi connectivity index (χ0n) is 32.3. The topological polar surface area (TPSA) is 47.9 Å². The molecule has 1 aliphatic heterocycles. The van der Waals surface area contributed by atoms with Crippen LogP contribution in [0.4, 0.5) is 0 Å². The van der Waals surface area contributed by atoms with Gasteiger partial charge in [-0.25, -0.2) is 15.0 Å². The Morgan fingerprint density at radius 2 is 0.917 bits per heavy atom. The molecule has 60 heavy (non-hydrogen) atoms. The zero-order valence-corrected chi connectivity index (χ0v) is 32.3. The molecule has 0 atom stereocenters. The fourth-order valence-corrected chi connectivity index (χ4v) is 10.0. The summed E-state index contributed by atoms with van der Waals surface area (Å²) in [6.07, 6.45) is 0. The Balaban J connectivity index is 1.09. The number of hydrogen-bond acceptors (Lipinski definition) is 4. The van der Waals surface area contributed by atoms with Crippen molar-refractivity contribution in [3.05, 3.63) is 222 Å². The van der Waals surface area contributed by atoms with Crippen LogP contribution < -0.4 is 4.74 Å². The van der Waals surface area contributed by atoms with Crippen molar-refractivity contribution < 1.29 is 4.74 Å². The molecule has 8 aromatic carbocycles. The number of ether oxygens (including phenoxy) is 1. The van der Waals surface area contributed by atoms with Gasteiger partial charge >= 0.3 is 0 Å². The Morgan fingerprint density at radius 3 is 1.60 bits per heavy atom. The Labute approximate surface area is 346 Å². The maximum Gasteiger partial charge on any atom is 0.132 e. The first-order chi connectivity index (χ1) is 29.7. The second-order valence-corrected chi connectivity index (χ2v) is 15.9. The number of nitrogens with zero attached hydrogens (tertiary/aromatic N) is 3. The smallest absolute Gasteiger partial charge is 0.132 e. The third-order valence-corrected chi connectivity index (χ3v) is 12.7. The summed E-state index contributed by atoms with van der Waals surface area (Å²) in [6.45, 7) is 0. The van der Waals surface area contributed by atoms with E-state index in [2.05, 4.69) is 194 Å². The molecule has 0 fully saturated rings. The van der Waals surface area contributed by atoms with E-state index in [1.807, 2.05) is 6.07 Å². The Kier molecular flexibility index (Phi) is 6.90. The summed E-state index contributed by atoms with van der Waals surface area (Å²) in [7, 11) is 0. The third kappa shape index (κ3) is 4.64. The molecule has 278 valence electrons. The van der Waals surface area contributed by atoms with Gasteiger partial charge in [-0.05, 0) is 70.1 Å². The first-order valence-electron chi connectivity index (χ1n) is 20.4. The molecule has 0 saturated heterocycles. The van der Waals surface area contributed by atoms with Gasteiger partial charge in [0, 0.05) is 49.4 Å². The van der Waals surface area contributed by atoms with E-state index in [9.17, 15) is 0 Å². The highest BCUT2D eigenvalue weighted by Gasteiger charge is 2.51. The van der Waals surface area contributed by atoms with Gasteiger partial charge in [-0.2, -0.15) is 0 Å². The summed E-state index contributed by atoms with van der Waals surface area (Å²) in [4.78, 5) is 15.9. The van der Waals surface area contributed by atoms with Crippen molar-refractivity contribution in [2.45, 2.75) is 5.41 Å². The molecule has 1 aliphatic carbocycles. The molecule has 4 nitrogen and oxygen atoms in total. The van der Waals surface area contributed by atoms with Crippen molar-refractivity contribution in [1.29, 1.82) is 0 Å². The van der Waals surface area contributed by atoms with Gasteiger partial charge in [-0.1, -0.05) is 158 Å². The van der Waals surface area contributed by atoms with E-state index < -0.39 is 5.41 Å². The quantitative estimate of drug-likeness (QED) is 0.168. The summed E-state index contributed by atoms with van der Waals surface area (Å²) in [5, 5.41) is 5.32. The van der Waals surface area contributed by atoms with Gasteiger partial charge in [0.25, 0.3) is 0 Å². The number of aromatic nitrogens is 3. The maximum atomic E-state index is 6.97. The molecular weight excluding hydrogens is 731 g/mol. The van der Waals surface area contributed by atoms with Crippen LogP contribution in [0.2, 0.25) is 0 Å². The lowest BCUT2D eigenvalue weighted by Crippen LogP contribution is -2.32. The predicted octanol–water partition coefficient (Wildman–Crippen LogP) is 14.0. The second kappa shape index (κ2) is 12.5. The van der Waals surface area contributed by atoms with Crippen LogP contribution in [-0.2, 0) is 5.41 Å². The average Bonchev–Trinajstić information content (AvgIpc) is 3.61. The average molecular weight is 764 g/mol. The Morgan fingerprint density at radius 1 is 0.350 bits per heavy atom. The minimum absolute atomic E-state index is 0.585. The maximum absolute atomic E-state index is 6.97. The van der Waals surface area contributed by atoms with Crippen molar-refractivity contribution in [2.75, 3.05) is 0 Å². The van der Waals surface area contributed by atoms with Gasteiger partial charge in [0.05, 0.1) is 39.0 Å². The van der Waals surface area contributed by atoms with Crippen LogP contribution in [0.25, 0.3) is 88.4 Å². The van der Waals surface area contributed by atoms with Crippen LogP contribution in [0.15, 0.2) is 200 Å². The molecule has 0 radical (unpaired) electrons. The zero-order chi connectivity index (χ0) is 39.4. The third-order valence-electron chi connectivity index (χ3n) is 12.7. The highest BCUT2D eigenvalue weighted by atomic mass is 16.5. The van der Waals surface area contributed by atoms with E-state index in [0.29, 0.717) is 0 Å². The van der Waals surface area contributed by atoms with Crippen molar-refractivity contribution in [1.82, 2.24) is 15.0 Å². The molecule has 0 unspecified atom stereocenters. The number of pyridine rings is 3. The molecule has 0 saturated carbocycles. The molecule has 4 heteroatoms. The van der Waals surface area contributed by atoms with E-state index in [4.69, 9.17) is 19.7 Å². The molecule has 2 aliphatic rings. The summed E-state index contributed by atoms with van der Waals surface area (Å²) in [5.41, 5.74) is 15.3. The summed E-state index contributed by atoms with van der Waals surface area (Å²) >= 11 is 0. The van der Waals surface area contributed by atoms with Gasteiger partial charge in [-0.15, -0.1) is 0 Å². The van der Waals surface area contributed by atoms with Gasteiger partial charge in [0.2, 0.25) is 0 Å². The molecule has 0 N–H and O–H groups in total. The van der Waals surface area contributed by atoms with Crippen LogP contribution in [0.3, 0.4) is 0 Å². The van der Waals surface area contributed by atoms with Crippen molar-refractivity contribution in [3.63, 3.8) is 0 Å². The first kappa shape index (κ1) is 33.1. The highest BCUT2D eigenvalue weighted by molar-refractivity contribution is 6.13. The molecule has 1 spiro atoms. The van der Waals surface area contributed by atoms with Crippen LogP contribution in [0.5, 0.6) is 11.5 Å². The number of hydrogen-bond donors (Lipinski definition) is 0. The van der Waals surface area contributed by atoms with Crippen molar-refractivity contribution >= 4 is 43.5 Å². The Hall–Kier alpha value is -7.95. The first-order valence-corrected chi connectivity index (χ1v) is 20.4. The molecule has 11 aromatic rings. The SMILES string of the molecule is c1ccc(-c2ccc3ccc4ccc(-c5ccc6nc(-c7ccccc7)c7cc8c(cc7c6c5)C5(c6ccccc6O8)c6ccccc6-c6ccccc65)nc4c3n2)cc1. The van der Waals surface area contributed by atoms with Crippen LogP contribution in [-0.4, -0.2) is 15.0 Å². The van der Waals surface area contributed by atoms with Crippen LogP contribution in [0, 0.1) is 0 Å². The van der Waals surface area contributed by atoms with Crippen molar-refractivity contribution in [2.24, 2.45) is 0 Å². The Bertz CT molecular complexity index is 3530. The molecule has 4 heterocycles. The van der Waals surface area contributed by atoms with Gasteiger partial charge in [0.15, 0.2) is 0 Å². The fraction of sp³-hybridized carbons (Fsp3) is 0.0179. The predicted molar refractivity (Wildman–Crippen MR) is 244 cm³/mol. The van der Waals surface area contributed by atoms with Crippen LogP contribution >= 0.6 is 0 Å². The van der Waals surface area contributed by atoms with Gasteiger partial charge in [-0.3, -0.25) is 0 Å². The number of fused-ring (bicyclic) bond motifs is 15. The van der Waals surface area contributed by atoms with E-state index in [-0.39, 0.29) is 0 Å². The summed E-state index contributed by atoms with van der Waals surface area (Å²) in [6, 6.07) is 71.2. The second-order valence-electron chi connectivity index (χ2n) is 15.9. The van der Waals surface area contributed by atoms with Crippen molar-refractivity contribution in [3.8, 4) is 56.4 Å².